The van der Waals surface area contributed by atoms with Crippen molar-refractivity contribution in [2.45, 2.75) is 18.1 Å². The molecule has 4 N–H and O–H groups in total. The molecule has 1 aliphatic rings. The maximum Gasteiger partial charge on any atom is 0.330 e. The lowest BCUT2D eigenvalue weighted by Crippen LogP contribution is -2.22. The molecule has 0 fully saturated rings. The second-order valence-electron chi connectivity index (χ2n) is 3.59. The van der Waals surface area contributed by atoms with Crippen LogP contribution in [-0.2, 0) is 11.0 Å². The molecule has 0 spiro atoms. The number of hydrogen-bond donors (Lipinski definition) is 3. The quantitative estimate of drug-likeness (QED) is 0.602. The highest BCUT2D eigenvalue weighted by Crippen LogP contribution is 2.51. The Morgan fingerprint density at radius 3 is 2.57 bits per heavy atom. The third-order valence-corrected chi connectivity index (χ3v) is 4.06. The number of benzene rings is 1. The predicted octanol–water partition coefficient (Wildman–Crippen LogP) is 0.789. The van der Waals surface area contributed by atoms with Gasteiger partial charge in [0.2, 0.25) is 0 Å². The largest absolute Gasteiger partial charge is 0.330 e. The molecule has 0 heterocycles. The third-order valence-electron chi connectivity index (χ3n) is 2.69. The van der Waals surface area contributed by atoms with Crippen molar-refractivity contribution in [3.8, 4) is 0 Å². The van der Waals surface area contributed by atoms with Gasteiger partial charge in [-0.2, -0.15) is 0 Å². The summed E-state index contributed by atoms with van der Waals surface area (Å²) in [7, 11) is -4.08. The fraction of sp³-hybridized carbons (Fsp3) is 0.333. The lowest BCUT2D eigenvalue weighted by Gasteiger charge is -2.16. The van der Waals surface area contributed by atoms with Gasteiger partial charge in [-0.05, 0) is 17.5 Å². The first-order valence-electron chi connectivity index (χ1n) is 4.39. The Morgan fingerprint density at radius 2 is 2.00 bits per heavy atom. The standard InChI is InChI=1S/C9H12NO3P/c10-9-7-4-2-1-3-6(7)5-8(9)14(11,12)13/h1-4,8-9H,5,10H2,(H2,11,12,13). The minimum Gasteiger partial charge on any atom is -0.324 e. The van der Waals surface area contributed by atoms with Gasteiger partial charge in [0, 0.05) is 6.04 Å². The Morgan fingerprint density at radius 1 is 1.36 bits per heavy atom. The van der Waals surface area contributed by atoms with Crippen molar-refractivity contribution in [2.24, 2.45) is 5.73 Å². The lowest BCUT2D eigenvalue weighted by molar-refractivity contribution is 0.352. The van der Waals surface area contributed by atoms with Crippen LogP contribution in [0.25, 0.3) is 0 Å². The van der Waals surface area contributed by atoms with E-state index in [1.54, 1.807) is 0 Å². The number of rotatable bonds is 1. The molecular weight excluding hydrogens is 201 g/mol. The van der Waals surface area contributed by atoms with E-state index < -0.39 is 19.3 Å². The molecule has 1 aromatic carbocycles. The SMILES string of the molecule is NC1c2ccccc2CC1P(=O)(O)O. The van der Waals surface area contributed by atoms with Crippen molar-refractivity contribution in [1.82, 2.24) is 0 Å². The van der Waals surface area contributed by atoms with E-state index in [0.29, 0.717) is 6.42 Å². The first kappa shape index (κ1) is 9.87. The highest BCUT2D eigenvalue weighted by Gasteiger charge is 2.40. The van der Waals surface area contributed by atoms with E-state index >= 15 is 0 Å². The van der Waals surface area contributed by atoms with Crippen molar-refractivity contribution in [2.75, 3.05) is 0 Å². The molecule has 4 nitrogen and oxygen atoms in total. The van der Waals surface area contributed by atoms with Crippen molar-refractivity contribution in [1.29, 1.82) is 0 Å². The Kier molecular flexibility index (Phi) is 2.24. The monoisotopic (exact) mass is 213 g/mol. The van der Waals surface area contributed by atoms with Gasteiger partial charge in [0.15, 0.2) is 0 Å². The Balaban J connectivity index is 2.39. The molecule has 1 aliphatic carbocycles. The van der Waals surface area contributed by atoms with Crippen LogP contribution in [0.1, 0.15) is 17.2 Å². The van der Waals surface area contributed by atoms with Crippen LogP contribution in [0.5, 0.6) is 0 Å². The predicted molar refractivity (Wildman–Crippen MR) is 52.9 cm³/mol. The summed E-state index contributed by atoms with van der Waals surface area (Å²) in [6.07, 6.45) is 0.377. The van der Waals surface area contributed by atoms with Crippen LogP contribution in [0.3, 0.4) is 0 Å². The average Bonchev–Trinajstić information content (AvgIpc) is 2.44. The molecule has 2 atom stereocenters. The van der Waals surface area contributed by atoms with Gasteiger partial charge in [0.05, 0.1) is 5.66 Å². The van der Waals surface area contributed by atoms with Crippen LogP contribution < -0.4 is 5.73 Å². The topological polar surface area (TPSA) is 83.6 Å². The molecule has 5 heteroatoms. The Bertz CT molecular complexity index is 401. The highest BCUT2D eigenvalue weighted by atomic mass is 31.2. The average molecular weight is 213 g/mol. The molecule has 0 aromatic heterocycles. The van der Waals surface area contributed by atoms with Gasteiger partial charge in [-0.25, -0.2) is 0 Å². The minimum atomic E-state index is -4.08. The van der Waals surface area contributed by atoms with Crippen LogP contribution in [0, 0.1) is 0 Å². The number of hydrogen-bond acceptors (Lipinski definition) is 2. The van der Waals surface area contributed by atoms with Crippen LogP contribution in [0.4, 0.5) is 0 Å². The maximum atomic E-state index is 11.1. The fourth-order valence-corrected chi connectivity index (χ4v) is 2.95. The first-order valence-corrected chi connectivity index (χ1v) is 6.07. The van der Waals surface area contributed by atoms with Gasteiger partial charge in [0.1, 0.15) is 0 Å². The van der Waals surface area contributed by atoms with Crippen molar-refractivity contribution in [3.63, 3.8) is 0 Å². The lowest BCUT2D eigenvalue weighted by atomic mass is 10.1. The van der Waals surface area contributed by atoms with Crippen LogP contribution >= 0.6 is 7.60 Å². The second kappa shape index (κ2) is 3.17. The van der Waals surface area contributed by atoms with E-state index in [1.165, 1.54) is 0 Å². The molecule has 2 unspecified atom stereocenters. The summed E-state index contributed by atoms with van der Waals surface area (Å²) in [6, 6.07) is 6.85. The van der Waals surface area contributed by atoms with Crippen molar-refractivity contribution >= 4 is 7.60 Å². The summed E-state index contributed by atoms with van der Waals surface area (Å²) in [5, 5.41) is 0. The summed E-state index contributed by atoms with van der Waals surface area (Å²) in [6.45, 7) is 0. The van der Waals surface area contributed by atoms with Crippen LogP contribution in [0.15, 0.2) is 24.3 Å². The molecule has 0 aliphatic heterocycles. The molecule has 0 amide bonds. The third kappa shape index (κ3) is 1.51. The van der Waals surface area contributed by atoms with E-state index in [9.17, 15) is 4.57 Å². The Hall–Kier alpha value is -0.670. The minimum absolute atomic E-state index is 0.377. The van der Waals surface area contributed by atoms with Gasteiger partial charge < -0.3 is 15.5 Å². The summed E-state index contributed by atoms with van der Waals surface area (Å²) in [5.74, 6) is 0. The van der Waals surface area contributed by atoms with E-state index in [4.69, 9.17) is 15.5 Å². The Labute approximate surface area is 81.9 Å². The van der Waals surface area contributed by atoms with Gasteiger partial charge in [-0.3, -0.25) is 4.57 Å². The molecule has 76 valence electrons. The maximum absolute atomic E-state index is 11.1. The van der Waals surface area contributed by atoms with Crippen molar-refractivity contribution in [3.05, 3.63) is 35.4 Å². The van der Waals surface area contributed by atoms with E-state index in [1.807, 2.05) is 24.3 Å². The van der Waals surface area contributed by atoms with E-state index in [0.717, 1.165) is 11.1 Å². The van der Waals surface area contributed by atoms with Crippen LogP contribution in [-0.4, -0.2) is 15.4 Å². The van der Waals surface area contributed by atoms with Crippen molar-refractivity contribution < 1.29 is 14.4 Å². The first-order chi connectivity index (χ1) is 6.50. The summed E-state index contributed by atoms with van der Waals surface area (Å²) >= 11 is 0. The highest BCUT2D eigenvalue weighted by molar-refractivity contribution is 7.52. The zero-order valence-electron chi connectivity index (χ0n) is 7.50. The summed E-state index contributed by atoms with van der Waals surface area (Å²) in [4.78, 5) is 18.2. The van der Waals surface area contributed by atoms with Gasteiger partial charge in [-0.1, -0.05) is 24.3 Å². The van der Waals surface area contributed by atoms with Gasteiger partial charge in [0.25, 0.3) is 0 Å². The molecule has 2 rings (SSSR count). The van der Waals surface area contributed by atoms with Crippen LogP contribution in [0.2, 0.25) is 0 Å². The van der Waals surface area contributed by atoms with E-state index in [-0.39, 0.29) is 0 Å². The van der Waals surface area contributed by atoms with E-state index in [2.05, 4.69) is 0 Å². The molecule has 14 heavy (non-hydrogen) atoms. The summed E-state index contributed by atoms with van der Waals surface area (Å²) < 4.78 is 11.1. The zero-order chi connectivity index (χ0) is 10.3. The van der Waals surface area contributed by atoms with Gasteiger partial charge >= 0.3 is 7.60 Å². The summed E-state index contributed by atoms with van der Waals surface area (Å²) in [5.41, 5.74) is 6.85. The second-order valence-corrected chi connectivity index (χ2v) is 5.43. The molecule has 0 saturated carbocycles. The molecule has 0 bridgehead atoms. The smallest absolute Gasteiger partial charge is 0.324 e. The zero-order valence-corrected chi connectivity index (χ0v) is 8.39. The van der Waals surface area contributed by atoms with Gasteiger partial charge in [-0.15, -0.1) is 0 Å². The molecular formula is C9H12NO3P. The molecule has 0 radical (unpaired) electrons. The number of nitrogens with two attached hydrogens (primary N) is 1. The molecule has 1 aromatic rings. The normalized spacial score (nSPS) is 26.2. The molecule has 0 saturated heterocycles. The number of fused-ring (bicyclic) bond motifs is 1. The fourth-order valence-electron chi connectivity index (χ4n) is 1.93.